The SMILES string of the molecule is O=C(NC1CCCCC1)/C(Cl)=C/c1ccccc1. The van der Waals surface area contributed by atoms with Gasteiger partial charge in [0.2, 0.25) is 0 Å². The lowest BCUT2D eigenvalue weighted by Gasteiger charge is -2.22. The van der Waals surface area contributed by atoms with Crippen molar-refractivity contribution in [2.45, 2.75) is 38.1 Å². The normalized spacial score (nSPS) is 17.5. The number of hydrogen-bond donors (Lipinski definition) is 1. The summed E-state index contributed by atoms with van der Waals surface area (Å²) in [6.45, 7) is 0. The Balaban J connectivity index is 1.93. The average Bonchev–Trinajstić information content (AvgIpc) is 2.41. The lowest BCUT2D eigenvalue weighted by atomic mass is 9.95. The van der Waals surface area contributed by atoms with Gasteiger partial charge in [0.15, 0.2) is 0 Å². The molecule has 0 atom stereocenters. The van der Waals surface area contributed by atoms with Crippen LogP contribution in [0.1, 0.15) is 37.7 Å². The molecular formula is C15H18ClNO. The zero-order valence-corrected chi connectivity index (χ0v) is 11.1. The summed E-state index contributed by atoms with van der Waals surface area (Å²) in [6, 6.07) is 9.94. The van der Waals surface area contributed by atoms with Gasteiger partial charge in [-0.25, -0.2) is 0 Å². The molecule has 2 nitrogen and oxygen atoms in total. The lowest BCUT2D eigenvalue weighted by Crippen LogP contribution is -2.36. The summed E-state index contributed by atoms with van der Waals surface area (Å²) in [7, 11) is 0. The van der Waals surface area contributed by atoms with Crippen molar-refractivity contribution in [1.82, 2.24) is 5.32 Å². The summed E-state index contributed by atoms with van der Waals surface area (Å²) in [6.07, 6.45) is 7.53. The number of carbonyl (C=O) groups is 1. The summed E-state index contributed by atoms with van der Waals surface area (Å²) in [4.78, 5) is 11.9. The molecule has 1 amide bonds. The van der Waals surface area contributed by atoms with Crippen LogP contribution in [0.4, 0.5) is 0 Å². The van der Waals surface area contributed by atoms with E-state index < -0.39 is 0 Å². The molecule has 1 aromatic carbocycles. The van der Waals surface area contributed by atoms with E-state index in [1.165, 1.54) is 19.3 Å². The molecular weight excluding hydrogens is 246 g/mol. The van der Waals surface area contributed by atoms with Crippen LogP contribution in [0.5, 0.6) is 0 Å². The first-order valence-electron chi connectivity index (χ1n) is 6.49. The Labute approximate surface area is 113 Å². The zero-order chi connectivity index (χ0) is 12.8. The van der Waals surface area contributed by atoms with Crippen LogP contribution in [-0.4, -0.2) is 11.9 Å². The van der Waals surface area contributed by atoms with Crippen LogP contribution in [0.15, 0.2) is 35.4 Å². The van der Waals surface area contributed by atoms with Crippen LogP contribution in [-0.2, 0) is 4.79 Å². The van der Waals surface area contributed by atoms with Crippen LogP contribution in [0, 0.1) is 0 Å². The molecule has 1 aromatic rings. The molecule has 18 heavy (non-hydrogen) atoms. The zero-order valence-electron chi connectivity index (χ0n) is 10.4. The number of rotatable bonds is 3. The second kappa shape index (κ2) is 6.60. The van der Waals surface area contributed by atoms with Gasteiger partial charge in [-0.1, -0.05) is 61.2 Å². The minimum Gasteiger partial charge on any atom is -0.349 e. The topological polar surface area (TPSA) is 29.1 Å². The Morgan fingerprint density at radius 1 is 1.17 bits per heavy atom. The first kappa shape index (κ1) is 13.2. The summed E-state index contributed by atoms with van der Waals surface area (Å²) in [5.74, 6) is -0.160. The maximum absolute atomic E-state index is 11.9. The van der Waals surface area contributed by atoms with E-state index in [0.717, 1.165) is 18.4 Å². The second-order valence-electron chi connectivity index (χ2n) is 4.71. The Morgan fingerprint density at radius 3 is 2.50 bits per heavy atom. The molecule has 0 bridgehead atoms. The van der Waals surface area contributed by atoms with Crippen LogP contribution in [0.2, 0.25) is 0 Å². The molecule has 0 spiro atoms. The van der Waals surface area contributed by atoms with Crippen molar-refractivity contribution < 1.29 is 4.79 Å². The van der Waals surface area contributed by atoms with Gasteiger partial charge in [0.1, 0.15) is 5.03 Å². The molecule has 0 aromatic heterocycles. The van der Waals surface area contributed by atoms with Crippen molar-refractivity contribution in [2.75, 3.05) is 0 Å². The third kappa shape index (κ3) is 3.88. The van der Waals surface area contributed by atoms with Gasteiger partial charge in [0.05, 0.1) is 0 Å². The maximum atomic E-state index is 11.9. The third-order valence-corrected chi connectivity index (χ3v) is 3.53. The van der Waals surface area contributed by atoms with Crippen molar-refractivity contribution in [2.24, 2.45) is 0 Å². The fourth-order valence-corrected chi connectivity index (χ4v) is 2.44. The van der Waals surface area contributed by atoms with Gasteiger partial charge in [0.25, 0.3) is 5.91 Å². The largest absolute Gasteiger partial charge is 0.349 e. The molecule has 0 unspecified atom stereocenters. The number of halogens is 1. The highest BCUT2D eigenvalue weighted by atomic mass is 35.5. The van der Waals surface area contributed by atoms with Crippen molar-refractivity contribution in [1.29, 1.82) is 0 Å². The summed E-state index contributed by atoms with van der Waals surface area (Å²) < 4.78 is 0. The Kier molecular flexibility index (Phi) is 4.82. The van der Waals surface area contributed by atoms with E-state index in [2.05, 4.69) is 5.32 Å². The number of amides is 1. The van der Waals surface area contributed by atoms with Gasteiger partial charge in [-0.05, 0) is 24.5 Å². The Bertz CT molecular complexity index is 421. The number of benzene rings is 1. The average molecular weight is 264 g/mol. The minimum absolute atomic E-state index is 0.160. The monoisotopic (exact) mass is 263 g/mol. The maximum Gasteiger partial charge on any atom is 0.263 e. The van der Waals surface area contributed by atoms with Crippen molar-refractivity contribution >= 4 is 23.6 Å². The molecule has 1 saturated carbocycles. The molecule has 1 fully saturated rings. The first-order valence-corrected chi connectivity index (χ1v) is 6.86. The van der Waals surface area contributed by atoms with Gasteiger partial charge in [-0.15, -0.1) is 0 Å². The van der Waals surface area contributed by atoms with Gasteiger partial charge >= 0.3 is 0 Å². The van der Waals surface area contributed by atoms with E-state index in [4.69, 9.17) is 11.6 Å². The summed E-state index contributed by atoms with van der Waals surface area (Å²) >= 11 is 6.03. The van der Waals surface area contributed by atoms with E-state index in [1.54, 1.807) is 6.08 Å². The molecule has 0 aliphatic heterocycles. The molecule has 1 aliphatic carbocycles. The fraction of sp³-hybridized carbons (Fsp3) is 0.400. The van der Waals surface area contributed by atoms with E-state index >= 15 is 0 Å². The fourth-order valence-electron chi connectivity index (χ4n) is 2.26. The molecule has 0 saturated heterocycles. The predicted octanol–water partition coefficient (Wildman–Crippen LogP) is 3.72. The van der Waals surface area contributed by atoms with E-state index in [-0.39, 0.29) is 10.9 Å². The second-order valence-corrected chi connectivity index (χ2v) is 5.12. The van der Waals surface area contributed by atoms with Crippen molar-refractivity contribution in [3.8, 4) is 0 Å². The Hall–Kier alpha value is -1.28. The number of hydrogen-bond acceptors (Lipinski definition) is 1. The van der Waals surface area contributed by atoms with Crippen molar-refractivity contribution in [3.63, 3.8) is 0 Å². The molecule has 2 rings (SSSR count). The highest BCUT2D eigenvalue weighted by molar-refractivity contribution is 6.44. The van der Waals surface area contributed by atoms with Gasteiger partial charge in [0, 0.05) is 6.04 Å². The van der Waals surface area contributed by atoms with Gasteiger partial charge in [-0.3, -0.25) is 4.79 Å². The summed E-state index contributed by atoms with van der Waals surface area (Å²) in [5, 5.41) is 3.26. The van der Waals surface area contributed by atoms with Gasteiger partial charge < -0.3 is 5.32 Å². The molecule has 1 aliphatic rings. The molecule has 0 heterocycles. The highest BCUT2D eigenvalue weighted by Crippen LogP contribution is 2.18. The number of carbonyl (C=O) groups excluding carboxylic acids is 1. The predicted molar refractivity (Wildman–Crippen MR) is 75.3 cm³/mol. The number of nitrogens with one attached hydrogen (secondary N) is 1. The highest BCUT2D eigenvalue weighted by Gasteiger charge is 2.16. The van der Waals surface area contributed by atoms with Crippen LogP contribution >= 0.6 is 11.6 Å². The van der Waals surface area contributed by atoms with Crippen LogP contribution in [0.25, 0.3) is 6.08 Å². The first-order chi connectivity index (χ1) is 8.75. The van der Waals surface area contributed by atoms with Crippen LogP contribution in [0.3, 0.4) is 0 Å². The van der Waals surface area contributed by atoms with E-state index in [0.29, 0.717) is 6.04 Å². The molecule has 0 radical (unpaired) electrons. The van der Waals surface area contributed by atoms with E-state index in [1.807, 2.05) is 30.3 Å². The summed E-state index contributed by atoms with van der Waals surface area (Å²) in [5.41, 5.74) is 0.946. The van der Waals surface area contributed by atoms with Gasteiger partial charge in [-0.2, -0.15) is 0 Å². The third-order valence-electron chi connectivity index (χ3n) is 3.25. The molecule has 96 valence electrons. The Morgan fingerprint density at radius 2 is 1.83 bits per heavy atom. The smallest absolute Gasteiger partial charge is 0.263 e. The molecule has 1 N–H and O–H groups in total. The lowest BCUT2D eigenvalue weighted by molar-refractivity contribution is -0.117. The van der Waals surface area contributed by atoms with E-state index in [9.17, 15) is 4.79 Å². The minimum atomic E-state index is -0.160. The molecule has 3 heteroatoms. The van der Waals surface area contributed by atoms with Crippen LogP contribution < -0.4 is 5.32 Å². The van der Waals surface area contributed by atoms with Crippen molar-refractivity contribution in [3.05, 3.63) is 40.9 Å². The quantitative estimate of drug-likeness (QED) is 0.828. The standard InChI is InChI=1S/C15H18ClNO/c16-14(11-12-7-3-1-4-8-12)15(18)17-13-9-5-2-6-10-13/h1,3-4,7-8,11,13H,2,5-6,9-10H2,(H,17,18)/b14-11-.